The van der Waals surface area contributed by atoms with E-state index in [9.17, 15) is 24.3 Å². The molecule has 0 fully saturated rings. The third-order valence-corrected chi connectivity index (χ3v) is 9.31. The smallest absolute Gasteiger partial charge is 0.364 e. The van der Waals surface area contributed by atoms with Crippen LogP contribution in [-0.4, -0.2) is 56.4 Å². The first-order chi connectivity index (χ1) is 14.4. The second-order valence-corrected chi connectivity index (χ2v) is 12.7. The van der Waals surface area contributed by atoms with Crippen molar-refractivity contribution in [1.82, 2.24) is 0 Å². The lowest BCUT2D eigenvalue weighted by molar-refractivity contribution is -0.885. The van der Waals surface area contributed by atoms with Gasteiger partial charge in [-0.15, -0.1) is 0 Å². The van der Waals surface area contributed by atoms with Gasteiger partial charge in [0.05, 0.1) is 21.1 Å². The molecule has 8 heteroatoms. The van der Waals surface area contributed by atoms with E-state index in [1.807, 2.05) is 0 Å². The maximum atomic E-state index is 12.5. The number of carbonyl (C=O) groups is 1. The molecule has 186 valence electrons. The van der Waals surface area contributed by atoms with Crippen LogP contribution in [0.5, 0.6) is 0 Å². The summed E-state index contributed by atoms with van der Waals surface area (Å²) in [5.74, 6) is 0. The summed E-state index contributed by atoms with van der Waals surface area (Å²) < 4.78 is 12.0. The first kappa shape index (κ1) is 31.1. The fourth-order valence-corrected chi connectivity index (χ4v) is 6.67. The maximum absolute atomic E-state index is 12.5. The molecular formula is C23H49NO5PS+. The average molecular weight is 483 g/mol. The van der Waals surface area contributed by atoms with Crippen molar-refractivity contribution in [3.63, 3.8) is 0 Å². The van der Waals surface area contributed by atoms with Crippen LogP contribution in [0.15, 0.2) is 0 Å². The van der Waals surface area contributed by atoms with Crippen LogP contribution in [0.4, 0.5) is 0 Å². The average Bonchev–Trinajstić information content (AvgIpc) is 2.67. The first-order valence-electron chi connectivity index (χ1n) is 12.2. The van der Waals surface area contributed by atoms with Crippen molar-refractivity contribution < 1.29 is 28.7 Å². The fourth-order valence-electron chi connectivity index (χ4n) is 3.87. The van der Waals surface area contributed by atoms with Crippen LogP contribution in [0.2, 0.25) is 0 Å². The molecule has 31 heavy (non-hydrogen) atoms. The number of rotatable bonds is 19. The zero-order valence-electron chi connectivity index (χ0n) is 20.6. The van der Waals surface area contributed by atoms with Gasteiger partial charge in [0.15, 0.2) is 10.5 Å². The van der Waals surface area contributed by atoms with E-state index < -0.39 is 18.3 Å². The zero-order chi connectivity index (χ0) is 24.0. The van der Waals surface area contributed by atoms with Crippen molar-refractivity contribution in [2.24, 2.45) is 0 Å². The van der Waals surface area contributed by atoms with Crippen molar-refractivity contribution in [1.29, 1.82) is 0 Å². The highest BCUT2D eigenvalue weighted by atomic mass is 32.2. The predicted molar refractivity (Wildman–Crippen MR) is 132 cm³/mol. The Morgan fingerprint density at radius 2 is 1.23 bits per heavy atom. The molecule has 0 aliphatic heterocycles. The molecule has 0 aromatic rings. The lowest BCUT2D eigenvalue weighted by Gasteiger charge is -2.42. The minimum atomic E-state index is -4.79. The van der Waals surface area contributed by atoms with E-state index in [0.29, 0.717) is 6.42 Å². The molecule has 0 aliphatic rings. The van der Waals surface area contributed by atoms with E-state index in [-0.39, 0.29) is 16.0 Å². The molecule has 0 rings (SSSR count). The number of thioether (sulfide) groups is 1. The van der Waals surface area contributed by atoms with E-state index >= 15 is 0 Å². The first-order valence-corrected chi connectivity index (χ1v) is 14.7. The molecule has 0 saturated carbocycles. The van der Waals surface area contributed by atoms with Crippen LogP contribution >= 0.6 is 19.4 Å². The summed E-state index contributed by atoms with van der Waals surface area (Å²) in [6.45, 7) is 3.79. The Morgan fingerprint density at radius 1 is 0.839 bits per heavy atom. The molecule has 0 aliphatic carbocycles. The minimum absolute atomic E-state index is 0.0878. The van der Waals surface area contributed by atoms with Crippen LogP contribution in [0.25, 0.3) is 0 Å². The molecule has 0 spiro atoms. The summed E-state index contributed by atoms with van der Waals surface area (Å²) in [6.07, 6.45) is 16.4. The van der Waals surface area contributed by atoms with Gasteiger partial charge >= 0.3 is 7.60 Å². The summed E-state index contributed by atoms with van der Waals surface area (Å²) in [5, 5.41) is 7.48. The van der Waals surface area contributed by atoms with Gasteiger partial charge in [0.1, 0.15) is 0 Å². The second-order valence-electron chi connectivity index (χ2n) is 9.73. The number of unbranched alkanes of at least 4 members (excludes halogenated alkanes) is 12. The minimum Gasteiger partial charge on any atom is -0.372 e. The molecule has 0 amide bonds. The van der Waals surface area contributed by atoms with E-state index in [4.69, 9.17) is 0 Å². The lowest BCUT2D eigenvalue weighted by Crippen LogP contribution is -2.57. The van der Waals surface area contributed by atoms with Gasteiger partial charge in [-0.25, -0.2) is 0 Å². The Hall–Kier alpha value is 0.0900. The summed E-state index contributed by atoms with van der Waals surface area (Å²) in [7, 11) is 0.438. The van der Waals surface area contributed by atoms with Gasteiger partial charge in [0.2, 0.25) is 5.34 Å². The highest BCUT2D eigenvalue weighted by molar-refractivity contribution is 8.14. The maximum Gasteiger partial charge on any atom is 0.364 e. The summed E-state index contributed by atoms with van der Waals surface area (Å²) in [4.78, 5) is 31.9. The number of nitrogens with zero attached hydrogens (tertiary/aromatic N) is 1. The van der Waals surface area contributed by atoms with E-state index in [2.05, 4.69) is 6.92 Å². The highest BCUT2D eigenvalue weighted by Gasteiger charge is 2.57. The van der Waals surface area contributed by atoms with Crippen LogP contribution in [-0.2, 0) is 9.36 Å². The van der Waals surface area contributed by atoms with E-state index in [1.165, 1.54) is 64.2 Å². The van der Waals surface area contributed by atoms with Crippen molar-refractivity contribution in [3.8, 4) is 0 Å². The Bertz CT molecular complexity index is 535. The van der Waals surface area contributed by atoms with E-state index in [1.54, 1.807) is 28.1 Å². The molecule has 0 aromatic carbocycles. The Labute approximate surface area is 195 Å². The van der Waals surface area contributed by atoms with Crippen LogP contribution in [0, 0.1) is 0 Å². The van der Waals surface area contributed by atoms with E-state index in [0.717, 1.165) is 31.0 Å². The quantitative estimate of drug-likeness (QED) is 0.0900. The molecule has 0 heterocycles. The molecule has 0 saturated heterocycles. The van der Waals surface area contributed by atoms with Gasteiger partial charge in [-0.2, -0.15) is 0 Å². The third kappa shape index (κ3) is 12.8. The molecular weight excluding hydrogens is 433 g/mol. The predicted octanol–water partition coefficient (Wildman–Crippen LogP) is 6.04. The number of carbonyl (C=O) groups excluding carboxylic acids is 1. The van der Waals surface area contributed by atoms with Crippen molar-refractivity contribution >= 4 is 24.5 Å². The van der Waals surface area contributed by atoms with Gasteiger partial charge in [-0.3, -0.25) is 9.36 Å². The number of hydrogen-bond donors (Lipinski definition) is 3. The lowest BCUT2D eigenvalue weighted by atomic mass is 10.0. The molecule has 0 aromatic heterocycles. The SMILES string of the molecule is CCCCCCCCCCCCCCCC(=O)SC(C(O)(CC)P(=O)(O)O)[N+](C)(C)C. The molecule has 3 N–H and O–H groups in total. The number of aliphatic hydroxyl groups is 1. The molecule has 0 bridgehead atoms. The number of likely N-dealkylation sites (N-methyl/N-ethyl adjacent to an activating group) is 1. The normalized spacial score (nSPS) is 15.6. The summed E-state index contributed by atoms with van der Waals surface area (Å²) in [6, 6.07) is 0. The van der Waals surface area contributed by atoms with Gasteiger partial charge in [0.25, 0.3) is 0 Å². The largest absolute Gasteiger partial charge is 0.372 e. The van der Waals surface area contributed by atoms with Crippen molar-refractivity contribution in [2.75, 3.05) is 21.1 Å². The summed E-state index contributed by atoms with van der Waals surface area (Å²) >= 11 is 0.885. The highest BCUT2D eigenvalue weighted by Crippen LogP contribution is 2.56. The molecule has 6 nitrogen and oxygen atoms in total. The van der Waals surface area contributed by atoms with Gasteiger partial charge in [-0.05, 0) is 24.6 Å². The topological polar surface area (TPSA) is 94.8 Å². The molecule has 0 radical (unpaired) electrons. The standard InChI is InChI=1S/C23H48NO5PS/c1-6-8-9-10-11-12-13-14-15-16-17-18-19-20-21(25)31-22(24(3,4)5)23(26,7-2)30(27,28)29/h22,26H,6-20H2,1-5H3,(H-,27,28,29)/p+1. The van der Waals surface area contributed by atoms with Crippen LogP contribution in [0.3, 0.4) is 0 Å². The number of hydrogen-bond acceptors (Lipinski definition) is 4. The van der Waals surface area contributed by atoms with Crippen LogP contribution < -0.4 is 0 Å². The Morgan fingerprint density at radius 3 is 1.55 bits per heavy atom. The fraction of sp³-hybridized carbons (Fsp3) is 0.957. The summed E-state index contributed by atoms with van der Waals surface area (Å²) in [5.41, 5.74) is 0. The van der Waals surface area contributed by atoms with Crippen molar-refractivity contribution in [3.05, 3.63) is 0 Å². The Kier molecular flexibility index (Phi) is 15.9. The number of quaternary nitrogens is 1. The zero-order valence-corrected chi connectivity index (χ0v) is 22.4. The third-order valence-electron chi connectivity index (χ3n) is 5.85. The van der Waals surface area contributed by atoms with Gasteiger partial charge in [0, 0.05) is 6.42 Å². The Balaban J connectivity index is 4.12. The van der Waals surface area contributed by atoms with Gasteiger partial charge in [-0.1, -0.05) is 90.9 Å². The second kappa shape index (κ2) is 15.8. The monoisotopic (exact) mass is 482 g/mol. The molecule has 2 unspecified atom stereocenters. The molecule has 2 atom stereocenters. The van der Waals surface area contributed by atoms with Crippen LogP contribution in [0.1, 0.15) is 110 Å². The van der Waals surface area contributed by atoms with Crippen molar-refractivity contribution in [2.45, 2.75) is 121 Å². The van der Waals surface area contributed by atoms with Gasteiger partial charge < -0.3 is 19.4 Å².